The van der Waals surface area contributed by atoms with Crippen molar-refractivity contribution in [3.8, 4) is 6.07 Å². The molecule has 6 heteroatoms. The van der Waals surface area contributed by atoms with Gasteiger partial charge in [-0.15, -0.1) is 0 Å². The van der Waals surface area contributed by atoms with Crippen molar-refractivity contribution in [3.63, 3.8) is 0 Å². The molecule has 0 bridgehead atoms. The van der Waals surface area contributed by atoms with Crippen LogP contribution < -0.4 is 10.6 Å². The van der Waals surface area contributed by atoms with Crippen molar-refractivity contribution in [2.45, 2.75) is 0 Å². The van der Waals surface area contributed by atoms with Gasteiger partial charge in [-0.2, -0.15) is 5.26 Å². The Morgan fingerprint density at radius 3 is 2.64 bits per heavy atom. The van der Waals surface area contributed by atoms with Crippen LogP contribution >= 0.6 is 0 Å². The summed E-state index contributed by atoms with van der Waals surface area (Å²) in [7, 11) is 0. The molecule has 6 nitrogen and oxygen atoms in total. The maximum atomic E-state index is 11.9. The van der Waals surface area contributed by atoms with E-state index in [4.69, 9.17) is 10.4 Å². The van der Waals surface area contributed by atoms with Gasteiger partial charge in [0.05, 0.1) is 23.7 Å². The molecule has 0 aliphatic heterocycles. The maximum Gasteiger partial charge on any atom is 0.337 e. The Balaban J connectivity index is 1.99. The van der Waals surface area contributed by atoms with Gasteiger partial charge in [0.1, 0.15) is 0 Å². The smallest absolute Gasteiger partial charge is 0.337 e. The van der Waals surface area contributed by atoms with E-state index in [0.29, 0.717) is 16.9 Å². The minimum Gasteiger partial charge on any atom is -0.478 e. The lowest BCUT2D eigenvalue weighted by Crippen LogP contribution is -2.22. The molecular weight excluding hydrogens is 282 g/mol. The first-order chi connectivity index (χ1) is 10.6. The van der Waals surface area contributed by atoms with E-state index >= 15 is 0 Å². The highest BCUT2D eigenvalue weighted by atomic mass is 16.4. The van der Waals surface area contributed by atoms with Crippen LogP contribution in [0.5, 0.6) is 0 Å². The molecule has 3 N–H and O–H groups in total. The van der Waals surface area contributed by atoms with Crippen LogP contribution in [-0.2, 0) is 4.79 Å². The number of anilines is 2. The van der Waals surface area contributed by atoms with Gasteiger partial charge >= 0.3 is 5.97 Å². The molecular formula is C16H13N3O3. The summed E-state index contributed by atoms with van der Waals surface area (Å²) in [6.07, 6.45) is 0. The zero-order chi connectivity index (χ0) is 15.9. The van der Waals surface area contributed by atoms with E-state index in [9.17, 15) is 9.59 Å². The summed E-state index contributed by atoms with van der Waals surface area (Å²) in [5.41, 5.74) is 1.43. The third-order valence-electron chi connectivity index (χ3n) is 2.87. The van der Waals surface area contributed by atoms with Gasteiger partial charge in [-0.1, -0.05) is 18.2 Å². The summed E-state index contributed by atoms with van der Waals surface area (Å²) in [5.74, 6) is -1.40. The number of nitriles is 1. The molecule has 110 valence electrons. The summed E-state index contributed by atoms with van der Waals surface area (Å²) in [5, 5.41) is 23.3. The standard InChI is InChI=1S/C16H13N3O3/c17-9-11-4-3-5-12(8-11)19-15(20)10-18-14-7-2-1-6-13(14)16(21)22/h1-8,18H,10H2,(H,19,20)(H,21,22). The van der Waals surface area contributed by atoms with Crippen molar-refractivity contribution in [1.29, 1.82) is 5.26 Å². The van der Waals surface area contributed by atoms with Crippen molar-refractivity contribution >= 4 is 23.3 Å². The molecule has 0 radical (unpaired) electrons. The van der Waals surface area contributed by atoms with E-state index in [1.165, 1.54) is 6.07 Å². The van der Waals surface area contributed by atoms with Crippen LogP contribution in [0.3, 0.4) is 0 Å². The number of rotatable bonds is 5. The average Bonchev–Trinajstić information content (AvgIpc) is 2.53. The Morgan fingerprint density at radius 2 is 1.91 bits per heavy atom. The highest BCUT2D eigenvalue weighted by Gasteiger charge is 2.10. The third kappa shape index (κ3) is 3.84. The van der Waals surface area contributed by atoms with Crippen LogP contribution in [0.4, 0.5) is 11.4 Å². The van der Waals surface area contributed by atoms with Crippen molar-refractivity contribution in [2.24, 2.45) is 0 Å². The van der Waals surface area contributed by atoms with E-state index in [1.54, 1.807) is 42.5 Å². The van der Waals surface area contributed by atoms with E-state index in [-0.39, 0.29) is 18.0 Å². The fraction of sp³-hybridized carbons (Fsp3) is 0.0625. The molecule has 22 heavy (non-hydrogen) atoms. The molecule has 0 spiro atoms. The summed E-state index contributed by atoms with van der Waals surface area (Å²) < 4.78 is 0. The molecule has 2 rings (SSSR count). The van der Waals surface area contributed by atoms with Gasteiger partial charge in [0.2, 0.25) is 5.91 Å². The second kappa shape index (κ2) is 6.90. The number of carbonyl (C=O) groups is 2. The number of amides is 1. The van der Waals surface area contributed by atoms with Gasteiger partial charge in [0, 0.05) is 11.4 Å². The molecule has 0 aromatic heterocycles. The zero-order valence-corrected chi connectivity index (χ0v) is 11.5. The van der Waals surface area contributed by atoms with E-state index < -0.39 is 5.97 Å². The van der Waals surface area contributed by atoms with Gasteiger partial charge in [0.25, 0.3) is 0 Å². The van der Waals surface area contributed by atoms with Crippen molar-refractivity contribution in [3.05, 3.63) is 59.7 Å². The Kier molecular flexibility index (Phi) is 4.73. The number of nitrogens with zero attached hydrogens (tertiary/aromatic N) is 1. The number of nitrogens with one attached hydrogen (secondary N) is 2. The van der Waals surface area contributed by atoms with E-state index in [0.717, 1.165) is 0 Å². The molecule has 2 aromatic carbocycles. The predicted molar refractivity (Wildman–Crippen MR) is 81.7 cm³/mol. The third-order valence-corrected chi connectivity index (χ3v) is 2.87. The minimum absolute atomic E-state index is 0.0823. The quantitative estimate of drug-likeness (QED) is 0.785. The van der Waals surface area contributed by atoms with E-state index in [2.05, 4.69) is 10.6 Å². The number of hydrogen-bond donors (Lipinski definition) is 3. The van der Waals surface area contributed by atoms with Gasteiger partial charge in [0.15, 0.2) is 0 Å². The molecule has 0 aliphatic rings. The highest BCUT2D eigenvalue weighted by molar-refractivity contribution is 5.97. The highest BCUT2D eigenvalue weighted by Crippen LogP contribution is 2.15. The second-order valence-corrected chi connectivity index (χ2v) is 4.45. The second-order valence-electron chi connectivity index (χ2n) is 4.45. The first kappa shape index (κ1) is 15.1. The Labute approximate surface area is 127 Å². The first-order valence-electron chi connectivity index (χ1n) is 6.46. The number of benzene rings is 2. The number of hydrogen-bond acceptors (Lipinski definition) is 4. The normalized spacial score (nSPS) is 9.59. The number of aromatic carboxylic acids is 1. The van der Waals surface area contributed by atoms with Crippen LogP contribution in [0.15, 0.2) is 48.5 Å². The molecule has 0 fully saturated rings. The number of carboxylic acid groups (broad SMARTS) is 1. The minimum atomic E-state index is -1.06. The summed E-state index contributed by atoms with van der Waals surface area (Å²) in [4.78, 5) is 22.9. The Morgan fingerprint density at radius 1 is 1.14 bits per heavy atom. The van der Waals surface area contributed by atoms with Gasteiger partial charge in [-0.3, -0.25) is 4.79 Å². The molecule has 0 saturated heterocycles. The number of para-hydroxylation sites is 1. The number of carboxylic acids is 1. The zero-order valence-electron chi connectivity index (χ0n) is 11.5. The van der Waals surface area contributed by atoms with Crippen LogP contribution in [-0.4, -0.2) is 23.5 Å². The SMILES string of the molecule is N#Cc1cccc(NC(=O)CNc2ccccc2C(=O)O)c1. The molecule has 0 aliphatic carbocycles. The summed E-state index contributed by atoms with van der Waals surface area (Å²) in [6, 6.07) is 14.9. The van der Waals surface area contributed by atoms with Gasteiger partial charge in [-0.05, 0) is 30.3 Å². The van der Waals surface area contributed by atoms with Crippen LogP contribution in [0, 0.1) is 11.3 Å². The monoisotopic (exact) mass is 295 g/mol. The van der Waals surface area contributed by atoms with Crippen molar-refractivity contribution in [2.75, 3.05) is 17.2 Å². The first-order valence-corrected chi connectivity index (χ1v) is 6.46. The fourth-order valence-electron chi connectivity index (χ4n) is 1.87. The lowest BCUT2D eigenvalue weighted by Gasteiger charge is -2.10. The molecule has 0 saturated carbocycles. The van der Waals surface area contributed by atoms with Gasteiger partial charge < -0.3 is 15.7 Å². The van der Waals surface area contributed by atoms with Crippen LogP contribution in [0.2, 0.25) is 0 Å². The lowest BCUT2D eigenvalue weighted by atomic mass is 10.2. The molecule has 1 amide bonds. The average molecular weight is 295 g/mol. The fourth-order valence-corrected chi connectivity index (χ4v) is 1.87. The van der Waals surface area contributed by atoms with Crippen LogP contribution in [0.25, 0.3) is 0 Å². The predicted octanol–water partition coefficient (Wildman–Crippen LogP) is 2.31. The van der Waals surface area contributed by atoms with Crippen LogP contribution in [0.1, 0.15) is 15.9 Å². The molecule has 2 aromatic rings. The van der Waals surface area contributed by atoms with Gasteiger partial charge in [-0.25, -0.2) is 4.79 Å². The summed E-state index contributed by atoms with van der Waals surface area (Å²) in [6.45, 7) is -0.0823. The molecule has 0 heterocycles. The Hall–Kier alpha value is -3.33. The van der Waals surface area contributed by atoms with Crippen molar-refractivity contribution < 1.29 is 14.7 Å². The van der Waals surface area contributed by atoms with Crippen molar-refractivity contribution in [1.82, 2.24) is 0 Å². The number of carbonyl (C=O) groups excluding carboxylic acids is 1. The topological polar surface area (TPSA) is 102 Å². The molecule has 0 unspecified atom stereocenters. The Bertz CT molecular complexity index is 750. The lowest BCUT2D eigenvalue weighted by molar-refractivity contribution is -0.114. The summed E-state index contributed by atoms with van der Waals surface area (Å²) >= 11 is 0. The largest absolute Gasteiger partial charge is 0.478 e. The molecule has 0 atom stereocenters. The maximum absolute atomic E-state index is 11.9. The van der Waals surface area contributed by atoms with E-state index in [1.807, 2.05) is 6.07 Å².